The Morgan fingerprint density at radius 1 is 1.41 bits per heavy atom. The first-order valence-electron chi connectivity index (χ1n) is 5.76. The van der Waals surface area contributed by atoms with Gasteiger partial charge in [0.25, 0.3) is 0 Å². The number of benzene rings is 1. The summed E-state index contributed by atoms with van der Waals surface area (Å²) in [5, 5.41) is 13.3. The lowest BCUT2D eigenvalue weighted by Crippen LogP contribution is -2.27. The molecule has 0 aliphatic carbocycles. The summed E-state index contributed by atoms with van der Waals surface area (Å²) in [5.41, 5.74) is 0.949. The standard InChI is InChI=1S/C13H20BrNOS/c1-10(9-17-2)7-15-8-13(16)11-4-3-5-12(14)6-11/h3-6,10,13,15-16H,7-9H2,1-2H3. The summed E-state index contributed by atoms with van der Waals surface area (Å²) < 4.78 is 1.00. The van der Waals surface area contributed by atoms with Gasteiger partial charge in [-0.25, -0.2) is 0 Å². The molecule has 17 heavy (non-hydrogen) atoms. The minimum atomic E-state index is -0.436. The molecule has 0 aliphatic heterocycles. The molecule has 0 bridgehead atoms. The van der Waals surface area contributed by atoms with E-state index in [4.69, 9.17) is 0 Å². The third-order valence-electron chi connectivity index (χ3n) is 2.52. The number of hydrogen-bond acceptors (Lipinski definition) is 3. The molecule has 2 N–H and O–H groups in total. The monoisotopic (exact) mass is 317 g/mol. The number of aliphatic hydroxyl groups is 1. The molecule has 96 valence electrons. The van der Waals surface area contributed by atoms with Gasteiger partial charge in [0.2, 0.25) is 0 Å². The maximum absolute atomic E-state index is 10.00. The van der Waals surface area contributed by atoms with E-state index in [1.54, 1.807) is 0 Å². The van der Waals surface area contributed by atoms with Crippen molar-refractivity contribution in [2.75, 3.05) is 25.1 Å². The molecule has 0 fully saturated rings. The molecular weight excluding hydrogens is 298 g/mol. The fourth-order valence-electron chi connectivity index (χ4n) is 1.64. The maximum Gasteiger partial charge on any atom is 0.0914 e. The molecule has 0 spiro atoms. The van der Waals surface area contributed by atoms with Crippen LogP contribution < -0.4 is 5.32 Å². The lowest BCUT2D eigenvalue weighted by molar-refractivity contribution is 0.173. The summed E-state index contributed by atoms with van der Waals surface area (Å²) in [4.78, 5) is 0. The summed E-state index contributed by atoms with van der Waals surface area (Å²) in [6.45, 7) is 3.77. The van der Waals surface area contributed by atoms with Crippen LogP contribution in [0.1, 0.15) is 18.6 Å². The van der Waals surface area contributed by atoms with E-state index >= 15 is 0 Å². The molecule has 0 saturated carbocycles. The molecule has 2 nitrogen and oxygen atoms in total. The first-order valence-corrected chi connectivity index (χ1v) is 7.95. The zero-order valence-corrected chi connectivity index (χ0v) is 12.7. The highest BCUT2D eigenvalue weighted by Crippen LogP contribution is 2.17. The summed E-state index contributed by atoms with van der Waals surface area (Å²) in [5.74, 6) is 1.79. The fourth-order valence-corrected chi connectivity index (χ4v) is 2.75. The molecule has 0 saturated heterocycles. The van der Waals surface area contributed by atoms with Gasteiger partial charge in [0.15, 0.2) is 0 Å². The van der Waals surface area contributed by atoms with Gasteiger partial charge in [-0.2, -0.15) is 11.8 Å². The van der Waals surface area contributed by atoms with Crippen molar-refractivity contribution >= 4 is 27.7 Å². The normalized spacial score (nSPS) is 14.6. The van der Waals surface area contributed by atoms with Gasteiger partial charge in [-0.1, -0.05) is 35.0 Å². The van der Waals surface area contributed by atoms with E-state index in [1.807, 2.05) is 36.0 Å². The van der Waals surface area contributed by atoms with Gasteiger partial charge in [-0.3, -0.25) is 0 Å². The molecule has 0 radical (unpaired) electrons. The first kappa shape index (κ1) is 15.0. The van der Waals surface area contributed by atoms with Crippen molar-refractivity contribution in [1.82, 2.24) is 5.32 Å². The minimum Gasteiger partial charge on any atom is -0.387 e. The average Bonchev–Trinajstić information content (AvgIpc) is 2.29. The molecule has 0 heterocycles. The highest BCUT2D eigenvalue weighted by molar-refractivity contribution is 9.10. The van der Waals surface area contributed by atoms with Crippen molar-refractivity contribution in [1.29, 1.82) is 0 Å². The van der Waals surface area contributed by atoms with Gasteiger partial charge in [-0.05, 0) is 42.2 Å². The van der Waals surface area contributed by atoms with Gasteiger partial charge in [0, 0.05) is 11.0 Å². The number of aliphatic hydroxyl groups excluding tert-OH is 1. The predicted molar refractivity (Wildman–Crippen MR) is 79.5 cm³/mol. The van der Waals surface area contributed by atoms with Crippen molar-refractivity contribution < 1.29 is 5.11 Å². The third-order valence-corrected chi connectivity index (χ3v) is 3.91. The Kier molecular flexibility index (Phi) is 7.19. The molecule has 0 amide bonds. The fraction of sp³-hybridized carbons (Fsp3) is 0.538. The van der Waals surface area contributed by atoms with Crippen LogP contribution in [0, 0.1) is 5.92 Å². The quantitative estimate of drug-likeness (QED) is 0.810. The Morgan fingerprint density at radius 3 is 2.82 bits per heavy atom. The van der Waals surface area contributed by atoms with Crippen molar-refractivity contribution in [3.63, 3.8) is 0 Å². The van der Waals surface area contributed by atoms with Gasteiger partial charge in [0.1, 0.15) is 0 Å². The second kappa shape index (κ2) is 8.14. The van der Waals surface area contributed by atoms with Crippen molar-refractivity contribution in [3.05, 3.63) is 34.3 Å². The Balaban J connectivity index is 2.32. The van der Waals surface area contributed by atoms with Gasteiger partial charge < -0.3 is 10.4 Å². The summed E-state index contributed by atoms with van der Waals surface area (Å²) in [6, 6.07) is 7.81. The molecule has 1 rings (SSSR count). The average molecular weight is 318 g/mol. The lowest BCUT2D eigenvalue weighted by atomic mass is 10.1. The van der Waals surface area contributed by atoms with E-state index in [2.05, 4.69) is 34.4 Å². The Bertz CT molecular complexity index is 335. The molecule has 2 atom stereocenters. The van der Waals surface area contributed by atoms with Crippen LogP contribution >= 0.6 is 27.7 Å². The van der Waals surface area contributed by atoms with Crippen LogP contribution in [0.4, 0.5) is 0 Å². The molecule has 1 aromatic carbocycles. The van der Waals surface area contributed by atoms with E-state index in [0.717, 1.165) is 22.3 Å². The second-order valence-corrected chi connectivity index (χ2v) is 6.12. The minimum absolute atomic E-state index is 0.436. The molecule has 1 aromatic rings. The molecule has 4 heteroatoms. The van der Waals surface area contributed by atoms with Crippen LogP contribution in [0.5, 0.6) is 0 Å². The number of hydrogen-bond donors (Lipinski definition) is 2. The Morgan fingerprint density at radius 2 is 2.18 bits per heavy atom. The topological polar surface area (TPSA) is 32.3 Å². The van der Waals surface area contributed by atoms with E-state index in [1.165, 1.54) is 0 Å². The highest BCUT2D eigenvalue weighted by Gasteiger charge is 2.08. The largest absolute Gasteiger partial charge is 0.387 e. The number of halogens is 1. The lowest BCUT2D eigenvalue weighted by Gasteiger charge is -2.15. The van der Waals surface area contributed by atoms with Gasteiger partial charge in [-0.15, -0.1) is 0 Å². The van der Waals surface area contributed by atoms with E-state index in [0.29, 0.717) is 12.5 Å². The second-order valence-electron chi connectivity index (χ2n) is 4.29. The van der Waals surface area contributed by atoms with E-state index in [9.17, 15) is 5.11 Å². The zero-order valence-electron chi connectivity index (χ0n) is 10.3. The molecular formula is C13H20BrNOS. The number of rotatable bonds is 7. The van der Waals surface area contributed by atoms with E-state index < -0.39 is 6.10 Å². The van der Waals surface area contributed by atoms with Crippen LogP contribution in [0.25, 0.3) is 0 Å². The Hall–Kier alpha value is -0.0300. The third kappa shape index (κ3) is 5.91. The molecule has 2 unspecified atom stereocenters. The smallest absolute Gasteiger partial charge is 0.0914 e. The van der Waals surface area contributed by atoms with Crippen LogP contribution in [-0.2, 0) is 0 Å². The van der Waals surface area contributed by atoms with Crippen molar-refractivity contribution in [2.24, 2.45) is 5.92 Å². The van der Waals surface area contributed by atoms with Crippen LogP contribution in [0.3, 0.4) is 0 Å². The maximum atomic E-state index is 10.00. The SMILES string of the molecule is CSCC(C)CNCC(O)c1cccc(Br)c1. The summed E-state index contributed by atoms with van der Waals surface area (Å²) in [7, 11) is 0. The van der Waals surface area contributed by atoms with Gasteiger partial charge >= 0.3 is 0 Å². The number of nitrogens with one attached hydrogen (secondary N) is 1. The summed E-state index contributed by atoms with van der Waals surface area (Å²) in [6.07, 6.45) is 1.68. The molecule has 0 aliphatic rings. The summed E-state index contributed by atoms with van der Waals surface area (Å²) >= 11 is 5.27. The zero-order chi connectivity index (χ0) is 12.7. The predicted octanol–water partition coefficient (Wildman–Crippen LogP) is 3.07. The van der Waals surface area contributed by atoms with E-state index in [-0.39, 0.29) is 0 Å². The van der Waals surface area contributed by atoms with Crippen LogP contribution in [-0.4, -0.2) is 30.2 Å². The first-order chi connectivity index (χ1) is 8.13. The van der Waals surface area contributed by atoms with Crippen LogP contribution in [0.15, 0.2) is 28.7 Å². The van der Waals surface area contributed by atoms with Crippen molar-refractivity contribution in [3.8, 4) is 0 Å². The highest BCUT2D eigenvalue weighted by atomic mass is 79.9. The van der Waals surface area contributed by atoms with Crippen molar-refractivity contribution in [2.45, 2.75) is 13.0 Å². The van der Waals surface area contributed by atoms with Gasteiger partial charge in [0.05, 0.1) is 6.10 Å². The molecule has 0 aromatic heterocycles. The Labute approximate surface area is 116 Å². The van der Waals surface area contributed by atoms with Crippen LogP contribution in [0.2, 0.25) is 0 Å². The number of thioether (sulfide) groups is 1.